The molecule has 3 rings (SSSR count). The number of halogens is 1. The van der Waals surface area contributed by atoms with Gasteiger partial charge in [0.05, 0.1) is 23.0 Å². The lowest BCUT2D eigenvalue weighted by molar-refractivity contribution is 0.624. The number of hydrogen-bond donors (Lipinski definition) is 0. The zero-order valence-electron chi connectivity index (χ0n) is 11.1. The molecule has 1 aliphatic carbocycles. The highest BCUT2D eigenvalue weighted by Crippen LogP contribution is 2.39. The van der Waals surface area contributed by atoms with Crippen LogP contribution in [0, 0.1) is 17.1 Å². The molecule has 0 radical (unpaired) electrons. The van der Waals surface area contributed by atoms with Gasteiger partial charge in [0.1, 0.15) is 5.82 Å². The van der Waals surface area contributed by atoms with E-state index in [9.17, 15) is 4.39 Å². The largest absolute Gasteiger partial charge is 0.241 e. The van der Waals surface area contributed by atoms with Gasteiger partial charge >= 0.3 is 0 Å². The van der Waals surface area contributed by atoms with Crippen LogP contribution in [0.5, 0.6) is 0 Å². The Balaban J connectivity index is 0.000000637. The van der Waals surface area contributed by atoms with Crippen molar-refractivity contribution in [3.63, 3.8) is 0 Å². The van der Waals surface area contributed by atoms with E-state index in [4.69, 9.17) is 5.26 Å². The molecule has 0 bridgehead atoms. The Hall–Kier alpha value is -2.15. The van der Waals surface area contributed by atoms with E-state index in [1.807, 2.05) is 32.2 Å². The van der Waals surface area contributed by atoms with Crippen molar-refractivity contribution in [1.29, 1.82) is 5.26 Å². The van der Waals surface area contributed by atoms with E-state index in [1.54, 1.807) is 10.7 Å². The zero-order valence-corrected chi connectivity index (χ0v) is 11.1. The summed E-state index contributed by atoms with van der Waals surface area (Å²) in [5.41, 5.74) is 1.95. The van der Waals surface area contributed by atoms with Crippen molar-refractivity contribution < 1.29 is 4.39 Å². The van der Waals surface area contributed by atoms with Gasteiger partial charge in [0.2, 0.25) is 0 Å². The SMILES string of the molecule is CC.N#Cc1cc(F)cc(-n2ccc(C3CC3)n2)c1. The predicted octanol–water partition coefficient (Wildman–Crippen LogP) is 3.79. The minimum absolute atomic E-state index is 0.309. The van der Waals surface area contributed by atoms with Crippen LogP contribution in [-0.2, 0) is 0 Å². The number of aromatic nitrogens is 2. The van der Waals surface area contributed by atoms with Gasteiger partial charge in [-0.05, 0) is 37.1 Å². The fourth-order valence-electron chi connectivity index (χ4n) is 1.85. The molecule has 0 N–H and O–H groups in total. The van der Waals surface area contributed by atoms with E-state index in [0.717, 1.165) is 5.69 Å². The van der Waals surface area contributed by atoms with Crippen molar-refractivity contribution in [3.8, 4) is 11.8 Å². The molecule has 0 spiro atoms. The Kier molecular flexibility index (Phi) is 3.96. The van der Waals surface area contributed by atoms with Crippen LogP contribution in [0.25, 0.3) is 5.69 Å². The van der Waals surface area contributed by atoms with Crippen molar-refractivity contribution in [2.75, 3.05) is 0 Å². The van der Waals surface area contributed by atoms with Gasteiger partial charge in [-0.1, -0.05) is 13.8 Å². The quantitative estimate of drug-likeness (QED) is 0.821. The summed E-state index contributed by atoms with van der Waals surface area (Å²) in [6, 6.07) is 8.12. The number of benzene rings is 1. The highest BCUT2D eigenvalue weighted by atomic mass is 19.1. The molecule has 1 aromatic carbocycles. The number of nitrogens with zero attached hydrogens (tertiary/aromatic N) is 3. The first-order chi connectivity index (χ1) is 9.26. The standard InChI is InChI=1S/C13H10FN3.C2H6/c14-11-5-9(8-15)6-12(7-11)17-4-3-13(16-17)10-1-2-10;1-2/h3-7,10H,1-2H2;1-2H3. The van der Waals surface area contributed by atoms with Gasteiger partial charge < -0.3 is 0 Å². The maximum atomic E-state index is 13.3. The second-order valence-corrected chi connectivity index (χ2v) is 4.27. The zero-order chi connectivity index (χ0) is 13.8. The van der Waals surface area contributed by atoms with E-state index in [-0.39, 0.29) is 0 Å². The first kappa shape index (κ1) is 13.3. The molecule has 0 unspecified atom stereocenters. The van der Waals surface area contributed by atoms with Crippen LogP contribution in [0.3, 0.4) is 0 Å². The Morgan fingerprint density at radius 1 is 1.32 bits per heavy atom. The molecule has 1 aliphatic rings. The summed E-state index contributed by atoms with van der Waals surface area (Å²) in [7, 11) is 0. The molecule has 0 atom stereocenters. The van der Waals surface area contributed by atoms with Crippen LogP contribution in [0.4, 0.5) is 4.39 Å². The Bertz CT molecular complexity index is 606. The summed E-state index contributed by atoms with van der Waals surface area (Å²) >= 11 is 0. The van der Waals surface area contributed by atoms with Crippen molar-refractivity contribution >= 4 is 0 Å². The van der Waals surface area contributed by atoms with E-state index >= 15 is 0 Å². The second-order valence-electron chi connectivity index (χ2n) is 4.27. The molecular formula is C15H16FN3. The number of nitriles is 1. The third-order valence-corrected chi connectivity index (χ3v) is 2.88. The normalized spacial score (nSPS) is 13.4. The highest BCUT2D eigenvalue weighted by Gasteiger charge is 2.25. The summed E-state index contributed by atoms with van der Waals surface area (Å²) in [5, 5.41) is 13.2. The molecule has 0 aliphatic heterocycles. The summed E-state index contributed by atoms with van der Waals surface area (Å²) < 4.78 is 14.9. The molecule has 1 saturated carbocycles. The number of rotatable bonds is 2. The fourth-order valence-corrected chi connectivity index (χ4v) is 1.85. The molecule has 0 saturated heterocycles. The van der Waals surface area contributed by atoms with Crippen molar-refractivity contribution in [2.24, 2.45) is 0 Å². The predicted molar refractivity (Wildman–Crippen MR) is 71.6 cm³/mol. The molecule has 2 aromatic rings. The van der Waals surface area contributed by atoms with Crippen LogP contribution >= 0.6 is 0 Å². The van der Waals surface area contributed by atoms with Gasteiger partial charge in [-0.15, -0.1) is 0 Å². The maximum Gasteiger partial charge on any atom is 0.126 e. The van der Waals surface area contributed by atoms with E-state index in [2.05, 4.69) is 5.10 Å². The Morgan fingerprint density at radius 3 is 2.68 bits per heavy atom. The van der Waals surface area contributed by atoms with E-state index in [1.165, 1.54) is 25.0 Å². The van der Waals surface area contributed by atoms with Gasteiger partial charge in [-0.3, -0.25) is 0 Å². The van der Waals surface area contributed by atoms with Crippen LogP contribution in [0.2, 0.25) is 0 Å². The van der Waals surface area contributed by atoms with Gasteiger partial charge in [-0.2, -0.15) is 10.4 Å². The van der Waals surface area contributed by atoms with Crippen LogP contribution in [-0.4, -0.2) is 9.78 Å². The van der Waals surface area contributed by atoms with Gasteiger partial charge in [-0.25, -0.2) is 9.07 Å². The fraction of sp³-hybridized carbons (Fsp3) is 0.333. The monoisotopic (exact) mass is 257 g/mol. The first-order valence-corrected chi connectivity index (χ1v) is 6.53. The van der Waals surface area contributed by atoms with Crippen molar-refractivity contribution in [3.05, 3.63) is 47.5 Å². The number of hydrogen-bond acceptors (Lipinski definition) is 2. The average molecular weight is 257 g/mol. The van der Waals surface area contributed by atoms with Gasteiger partial charge in [0.15, 0.2) is 0 Å². The Labute approximate surface area is 112 Å². The summed E-state index contributed by atoms with van der Waals surface area (Å²) in [4.78, 5) is 0. The second kappa shape index (κ2) is 5.66. The van der Waals surface area contributed by atoms with Crippen molar-refractivity contribution in [1.82, 2.24) is 9.78 Å². The smallest absolute Gasteiger partial charge is 0.126 e. The van der Waals surface area contributed by atoms with Crippen LogP contribution in [0.1, 0.15) is 43.9 Å². The lowest BCUT2D eigenvalue weighted by Crippen LogP contribution is -1.97. The molecule has 3 nitrogen and oxygen atoms in total. The van der Waals surface area contributed by atoms with Gasteiger partial charge in [0.25, 0.3) is 0 Å². The maximum absolute atomic E-state index is 13.3. The van der Waals surface area contributed by atoms with E-state index < -0.39 is 5.82 Å². The molecule has 1 fully saturated rings. The summed E-state index contributed by atoms with van der Waals surface area (Å²) in [6.07, 6.45) is 4.18. The van der Waals surface area contributed by atoms with Gasteiger partial charge in [0, 0.05) is 12.1 Å². The van der Waals surface area contributed by atoms with Crippen molar-refractivity contribution in [2.45, 2.75) is 32.6 Å². The minimum Gasteiger partial charge on any atom is -0.241 e. The van der Waals surface area contributed by atoms with Crippen LogP contribution in [0.15, 0.2) is 30.5 Å². The lowest BCUT2D eigenvalue weighted by Gasteiger charge is -2.02. The summed E-state index contributed by atoms with van der Waals surface area (Å²) in [6.45, 7) is 4.00. The molecule has 0 amide bonds. The first-order valence-electron chi connectivity index (χ1n) is 6.53. The lowest BCUT2D eigenvalue weighted by atomic mass is 10.2. The van der Waals surface area contributed by atoms with Crippen LogP contribution < -0.4 is 0 Å². The van der Waals surface area contributed by atoms with E-state index in [0.29, 0.717) is 17.2 Å². The highest BCUT2D eigenvalue weighted by molar-refractivity contribution is 5.41. The molecular weight excluding hydrogens is 241 g/mol. The minimum atomic E-state index is -0.414. The third kappa shape index (κ3) is 3.00. The summed E-state index contributed by atoms with van der Waals surface area (Å²) in [5.74, 6) is 0.155. The molecule has 1 aromatic heterocycles. The third-order valence-electron chi connectivity index (χ3n) is 2.88. The molecule has 4 heteroatoms. The average Bonchev–Trinajstić information content (AvgIpc) is 3.18. The molecule has 98 valence electrons. The molecule has 1 heterocycles. The molecule has 19 heavy (non-hydrogen) atoms. The Morgan fingerprint density at radius 2 is 2.05 bits per heavy atom. The topological polar surface area (TPSA) is 41.6 Å².